The minimum absolute atomic E-state index is 0.358. The number of halogens is 4. The van der Waals surface area contributed by atoms with Crippen molar-refractivity contribution < 1.29 is 14.2 Å². The fourth-order valence-electron chi connectivity index (χ4n) is 3.08. The lowest BCUT2D eigenvalue weighted by molar-refractivity contribution is 0.346. The van der Waals surface area contributed by atoms with E-state index < -0.39 is 0 Å². The standard InChI is InChI=1S/C16H11Cl2NO2S2.C13H7Cl2NOS/c1-2-20-16(22)23-15-5-10(9-19)3-4-14(15)21-13-7-11(17)6-12(18)8-13;14-9-4-10(15)6-11(5-9)17-12-2-1-8(7-16)3-13(12)18/h3-8H,2H2,1H3;1-6,18H. The maximum absolute atomic E-state index is 9.05. The fourth-order valence-corrected chi connectivity index (χ4v) is 5.49. The van der Waals surface area contributed by atoms with Crippen LogP contribution in [0, 0.1) is 22.7 Å². The van der Waals surface area contributed by atoms with E-state index in [1.54, 1.807) is 72.8 Å². The summed E-state index contributed by atoms with van der Waals surface area (Å²) >= 11 is 34.3. The van der Waals surface area contributed by atoms with Gasteiger partial charge in [0.15, 0.2) is 0 Å². The largest absolute Gasteiger partial charge is 0.479 e. The Morgan fingerprint density at radius 3 is 1.68 bits per heavy atom. The Labute approximate surface area is 272 Å². The lowest BCUT2D eigenvalue weighted by Crippen LogP contribution is -1.97. The average molecular weight is 680 g/mol. The van der Waals surface area contributed by atoms with Crippen molar-refractivity contribution in [2.45, 2.75) is 16.7 Å². The van der Waals surface area contributed by atoms with Crippen LogP contribution >= 0.6 is 83.0 Å². The second-order valence-corrected chi connectivity index (χ2v) is 11.6. The second kappa shape index (κ2) is 16.0. The molecule has 208 valence electrons. The van der Waals surface area contributed by atoms with E-state index in [4.69, 9.17) is 83.4 Å². The summed E-state index contributed by atoms with van der Waals surface area (Å²) in [6, 6.07) is 24.0. The second-order valence-electron chi connectivity index (χ2n) is 7.77. The number of ether oxygens (including phenoxy) is 3. The number of rotatable bonds is 6. The van der Waals surface area contributed by atoms with Gasteiger partial charge < -0.3 is 14.2 Å². The van der Waals surface area contributed by atoms with E-state index in [1.165, 1.54) is 11.8 Å². The highest BCUT2D eigenvalue weighted by Gasteiger charge is 2.12. The minimum Gasteiger partial charge on any atom is -0.479 e. The van der Waals surface area contributed by atoms with Gasteiger partial charge in [-0.3, -0.25) is 0 Å². The van der Waals surface area contributed by atoms with Crippen molar-refractivity contribution in [1.29, 1.82) is 10.5 Å². The Morgan fingerprint density at radius 1 is 0.756 bits per heavy atom. The summed E-state index contributed by atoms with van der Waals surface area (Å²) in [6.45, 7) is 2.33. The molecular weight excluding hydrogens is 662 g/mol. The first-order chi connectivity index (χ1) is 19.6. The number of benzene rings is 4. The Bertz CT molecular complexity index is 1620. The summed E-state index contributed by atoms with van der Waals surface area (Å²) in [5.41, 5.74) is 1.03. The van der Waals surface area contributed by atoms with Crippen LogP contribution in [0.5, 0.6) is 23.0 Å². The highest BCUT2D eigenvalue weighted by Crippen LogP contribution is 2.36. The molecule has 12 heteroatoms. The van der Waals surface area contributed by atoms with Gasteiger partial charge in [-0.15, -0.1) is 12.6 Å². The van der Waals surface area contributed by atoms with Gasteiger partial charge in [0.25, 0.3) is 0 Å². The van der Waals surface area contributed by atoms with Gasteiger partial charge in [-0.25, -0.2) is 0 Å². The highest BCUT2D eigenvalue weighted by atomic mass is 35.5. The molecule has 0 atom stereocenters. The molecule has 0 heterocycles. The first-order valence-electron chi connectivity index (χ1n) is 11.5. The van der Waals surface area contributed by atoms with E-state index >= 15 is 0 Å². The third kappa shape index (κ3) is 10.5. The van der Waals surface area contributed by atoms with E-state index in [-0.39, 0.29) is 0 Å². The Kier molecular flexibility index (Phi) is 12.8. The number of thioether (sulfide) groups is 1. The summed E-state index contributed by atoms with van der Waals surface area (Å²) in [5.74, 6) is 2.09. The van der Waals surface area contributed by atoms with Crippen LogP contribution in [0.4, 0.5) is 0 Å². The predicted molar refractivity (Wildman–Crippen MR) is 173 cm³/mol. The number of nitriles is 2. The summed E-state index contributed by atoms with van der Waals surface area (Å²) in [4.78, 5) is 1.25. The van der Waals surface area contributed by atoms with Crippen molar-refractivity contribution in [3.05, 3.63) is 104 Å². The topological polar surface area (TPSA) is 75.3 Å². The maximum atomic E-state index is 9.05. The summed E-state index contributed by atoms with van der Waals surface area (Å²) in [5, 5.41) is 19.7. The van der Waals surface area contributed by atoms with Gasteiger partial charge in [0.1, 0.15) is 23.0 Å². The molecule has 0 radical (unpaired) electrons. The van der Waals surface area contributed by atoms with Crippen molar-refractivity contribution in [3.63, 3.8) is 0 Å². The van der Waals surface area contributed by atoms with Gasteiger partial charge >= 0.3 is 0 Å². The molecule has 4 aromatic carbocycles. The monoisotopic (exact) mass is 678 g/mol. The van der Waals surface area contributed by atoms with Crippen molar-refractivity contribution in [3.8, 4) is 35.1 Å². The fraction of sp³-hybridized carbons (Fsp3) is 0.0690. The van der Waals surface area contributed by atoms with Crippen LogP contribution in [0.25, 0.3) is 0 Å². The van der Waals surface area contributed by atoms with Gasteiger partial charge in [-0.2, -0.15) is 10.5 Å². The minimum atomic E-state index is 0.358. The van der Waals surface area contributed by atoms with E-state index in [9.17, 15) is 0 Å². The number of thiocarbonyl (C=S) groups is 1. The molecule has 5 nitrogen and oxygen atoms in total. The maximum Gasteiger partial charge on any atom is 0.224 e. The molecule has 0 aliphatic heterocycles. The number of hydrogen-bond donors (Lipinski definition) is 1. The van der Waals surface area contributed by atoms with Crippen molar-refractivity contribution in [2.75, 3.05) is 6.61 Å². The van der Waals surface area contributed by atoms with Crippen LogP contribution in [0.15, 0.2) is 82.6 Å². The van der Waals surface area contributed by atoms with Crippen LogP contribution < -0.4 is 9.47 Å². The van der Waals surface area contributed by atoms with Crippen molar-refractivity contribution in [1.82, 2.24) is 0 Å². The number of hydrogen-bond acceptors (Lipinski definition) is 8. The number of nitrogens with zero attached hydrogens (tertiary/aromatic N) is 2. The zero-order valence-corrected chi connectivity index (χ0v) is 26.6. The molecule has 4 aromatic rings. The predicted octanol–water partition coefficient (Wildman–Crippen LogP) is 11.0. The van der Waals surface area contributed by atoms with Gasteiger partial charge in [0.2, 0.25) is 4.38 Å². The Morgan fingerprint density at radius 2 is 1.22 bits per heavy atom. The molecule has 0 aliphatic rings. The molecule has 0 bridgehead atoms. The average Bonchev–Trinajstić information content (AvgIpc) is 2.90. The summed E-state index contributed by atoms with van der Waals surface area (Å²) in [7, 11) is 0. The van der Waals surface area contributed by atoms with Crippen LogP contribution in [-0.2, 0) is 4.74 Å². The molecule has 0 aliphatic carbocycles. The van der Waals surface area contributed by atoms with E-state index in [1.807, 2.05) is 13.0 Å². The van der Waals surface area contributed by atoms with E-state index in [0.29, 0.717) is 75.0 Å². The molecule has 0 saturated heterocycles. The Balaban J connectivity index is 0.000000232. The van der Waals surface area contributed by atoms with Gasteiger partial charge in [-0.05, 0) is 104 Å². The third-order valence-electron chi connectivity index (χ3n) is 4.74. The molecule has 0 spiro atoms. The molecule has 0 amide bonds. The molecule has 0 N–H and O–H groups in total. The molecule has 0 fully saturated rings. The van der Waals surface area contributed by atoms with Gasteiger partial charge in [-0.1, -0.05) is 46.4 Å². The van der Waals surface area contributed by atoms with Crippen molar-refractivity contribution in [2.24, 2.45) is 0 Å². The van der Waals surface area contributed by atoms with Gasteiger partial charge in [0, 0.05) is 25.0 Å². The zero-order valence-electron chi connectivity index (χ0n) is 21.0. The molecule has 4 rings (SSSR count). The molecule has 0 aromatic heterocycles. The SMILES string of the molecule is CCOC(=S)Sc1cc(C#N)ccc1Oc1cc(Cl)cc(Cl)c1.N#Cc1ccc(Oc2cc(Cl)cc(Cl)c2)c(S)c1. The molecular formula is C29H18Cl4N2O3S3. The third-order valence-corrected chi connectivity index (χ3v) is 7.16. The molecule has 0 saturated carbocycles. The van der Waals surface area contributed by atoms with E-state index in [0.717, 1.165) is 0 Å². The summed E-state index contributed by atoms with van der Waals surface area (Å²) < 4.78 is 17.1. The Hall–Kier alpha value is -2.79. The quantitative estimate of drug-likeness (QED) is 0.123. The first kappa shape index (κ1) is 32.7. The normalized spacial score (nSPS) is 9.95. The highest BCUT2D eigenvalue weighted by molar-refractivity contribution is 8.22. The summed E-state index contributed by atoms with van der Waals surface area (Å²) in [6.07, 6.45) is 0. The lowest BCUT2D eigenvalue weighted by atomic mass is 10.2. The first-order valence-corrected chi connectivity index (χ1v) is 14.7. The smallest absolute Gasteiger partial charge is 0.224 e. The van der Waals surface area contributed by atoms with Crippen LogP contribution in [0.1, 0.15) is 18.1 Å². The van der Waals surface area contributed by atoms with Crippen LogP contribution in [0.2, 0.25) is 20.1 Å². The van der Waals surface area contributed by atoms with Crippen molar-refractivity contribution >= 4 is 87.4 Å². The van der Waals surface area contributed by atoms with Gasteiger partial charge in [0.05, 0.1) is 34.8 Å². The van der Waals surface area contributed by atoms with Crippen LogP contribution in [-0.4, -0.2) is 11.0 Å². The number of thiol groups is 1. The molecule has 0 unspecified atom stereocenters. The lowest BCUT2D eigenvalue weighted by Gasteiger charge is -2.12. The van der Waals surface area contributed by atoms with Crippen LogP contribution in [0.3, 0.4) is 0 Å². The zero-order chi connectivity index (χ0) is 29.9. The molecule has 41 heavy (non-hydrogen) atoms. The van der Waals surface area contributed by atoms with E-state index in [2.05, 4.69) is 18.7 Å².